The van der Waals surface area contributed by atoms with Crippen LogP contribution in [0.5, 0.6) is 5.75 Å². The summed E-state index contributed by atoms with van der Waals surface area (Å²) in [6.07, 6.45) is 1.62. The second-order valence-corrected chi connectivity index (χ2v) is 4.37. The molecule has 0 aliphatic heterocycles. The highest BCUT2D eigenvalue weighted by Crippen LogP contribution is 2.21. The van der Waals surface area contributed by atoms with Gasteiger partial charge in [-0.3, -0.25) is 0 Å². The Morgan fingerprint density at radius 2 is 2.16 bits per heavy atom. The molecule has 2 aromatic rings. The summed E-state index contributed by atoms with van der Waals surface area (Å²) < 4.78 is 24.4. The SMILES string of the molecule is CCNCc1ccoc1COc1cc(C)ccc1F. The molecule has 1 N–H and O–H groups in total. The molecule has 4 heteroatoms. The van der Waals surface area contributed by atoms with Gasteiger partial charge in [-0.1, -0.05) is 13.0 Å². The predicted molar refractivity (Wildman–Crippen MR) is 71.6 cm³/mol. The first-order valence-corrected chi connectivity index (χ1v) is 6.35. The molecule has 0 fully saturated rings. The van der Waals surface area contributed by atoms with Crippen LogP contribution in [-0.2, 0) is 13.2 Å². The van der Waals surface area contributed by atoms with Crippen LogP contribution in [0, 0.1) is 12.7 Å². The van der Waals surface area contributed by atoms with E-state index >= 15 is 0 Å². The zero-order valence-electron chi connectivity index (χ0n) is 11.2. The zero-order valence-corrected chi connectivity index (χ0v) is 11.2. The quantitative estimate of drug-likeness (QED) is 0.867. The van der Waals surface area contributed by atoms with E-state index in [1.54, 1.807) is 18.4 Å². The van der Waals surface area contributed by atoms with E-state index in [9.17, 15) is 4.39 Å². The van der Waals surface area contributed by atoms with E-state index in [-0.39, 0.29) is 18.2 Å². The maximum absolute atomic E-state index is 13.5. The average molecular weight is 263 g/mol. The summed E-state index contributed by atoms with van der Waals surface area (Å²) in [5.41, 5.74) is 2.00. The molecule has 19 heavy (non-hydrogen) atoms. The van der Waals surface area contributed by atoms with Crippen molar-refractivity contribution in [1.82, 2.24) is 5.32 Å². The van der Waals surface area contributed by atoms with Gasteiger partial charge in [0, 0.05) is 12.1 Å². The summed E-state index contributed by atoms with van der Waals surface area (Å²) in [6.45, 7) is 5.78. The van der Waals surface area contributed by atoms with Gasteiger partial charge in [0.25, 0.3) is 0 Å². The van der Waals surface area contributed by atoms with E-state index in [1.807, 2.05) is 19.9 Å². The summed E-state index contributed by atoms with van der Waals surface area (Å²) in [4.78, 5) is 0. The molecular formula is C15H18FNO2. The van der Waals surface area contributed by atoms with Crippen molar-refractivity contribution in [3.05, 3.63) is 53.2 Å². The van der Waals surface area contributed by atoms with Crippen LogP contribution in [0.4, 0.5) is 4.39 Å². The minimum atomic E-state index is -0.356. The summed E-state index contributed by atoms with van der Waals surface area (Å²) in [5.74, 6) is 0.623. The Morgan fingerprint density at radius 3 is 2.95 bits per heavy atom. The van der Waals surface area contributed by atoms with Crippen molar-refractivity contribution < 1.29 is 13.5 Å². The van der Waals surface area contributed by atoms with Crippen molar-refractivity contribution in [1.29, 1.82) is 0 Å². The summed E-state index contributed by atoms with van der Waals surface area (Å²) in [7, 11) is 0. The maximum atomic E-state index is 13.5. The van der Waals surface area contributed by atoms with Crippen LogP contribution in [0.1, 0.15) is 23.8 Å². The zero-order chi connectivity index (χ0) is 13.7. The van der Waals surface area contributed by atoms with Gasteiger partial charge in [-0.2, -0.15) is 0 Å². The van der Waals surface area contributed by atoms with Gasteiger partial charge < -0.3 is 14.5 Å². The predicted octanol–water partition coefficient (Wildman–Crippen LogP) is 3.42. The summed E-state index contributed by atoms with van der Waals surface area (Å²) in [5, 5.41) is 3.22. The third-order valence-electron chi connectivity index (χ3n) is 2.85. The van der Waals surface area contributed by atoms with Crippen LogP contribution in [0.25, 0.3) is 0 Å². The van der Waals surface area contributed by atoms with Gasteiger partial charge in [-0.25, -0.2) is 4.39 Å². The lowest BCUT2D eigenvalue weighted by Crippen LogP contribution is -2.12. The van der Waals surface area contributed by atoms with Crippen molar-refractivity contribution in [3.8, 4) is 5.75 Å². The minimum Gasteiger partial charge on any atom is -0.483 e. The first-order chi connectivity index (χ1) is 9.20. The van der Waals surface area contributed by atoms with E-state index in [0.29, 0.717) is 0 Å². The van der Waals surface area contributed by atoms with Crippen LogP contribution in [-0.4, -0.2) is 6.54 Å². The Morgan fingerprint density at radius 1 is 1.32 bits per heavy atom. The largest absolute Gasteiger partial charge is 0.483 e. The van der Waals surface area contributed by atoms with Crippen LogP contribution < -0.4 is 10.1 Å². The van der Waals surface area contributed by atoms with Crippen LogP contribution >= 0.6 is 0 Å². The van der Waals surface area contributed by atoms with Gasteiger partial charge in [0.2, 0.25) is 0 Å². The minimum absolute atomic E-state index is 0.230. The molecule has 0 atom stereocenters. The maximum Gasteiger partial charge on any atom is 0.165 e. The van der Waals surface area contributed by atoms with E-state index in [2.05, 4.69) is 5.32 Å². The van der Waals surface area contributed by atoms with Crippen molar-refractivity contribution in [2.75, 3.05) is 6.54 Å². The summed E-state index contributed by atoms with van der Waals surface area (Å²) in [6, 6.07) is 6.70. The molecule has 0 saturated carbocycles. The van der Waals surface area contributed by atoms with Gasteiger partial charge in [-0.15, -0.1) is 0 Å². The fourth-order valence-corrected chi connectivity index (χ4v) is 1.78. The highest BCUT2D eigenvalue weighted by atomic mass is 19.1. The number of nitrogens with one attached hydrogen (secondary N) is 1. The number of ether oxygens (including phenoxy) is 1. The van der Waals surface area contributed by atoms with Crippen molar-refractivity contribution in [2.45, 2.75) is 27.0 Å². The number of hydrogen-bond donors (Lipinski definition) is 1. The molecule has 0 amide bonds. The third-order valence-corrected chi connectivity index (χ3v) is 2.85. The number of benzene rings is 1. The molecule has 0 unspecified atom stereocenters. The Hall–Kier alpha value is -1.81. The van der Waals surface area contributed by atoms with Gasteiger partial charge in [0.05, 0.1) is 6.26 Å². The lowest BCUT2D eigenvalue weighted by atomic mass is 10.2. The molecule has 3 nitrogen and oxygen atoms in total. The molecule has 1 heterocycles. The molecule has 102 valence electrons. The fourth-order valence-electron chi connectivity index (χ4n) is 1.78. The molecule has 1 aromatic carbocycles. The second-order valence-electron chi connectivity index (χ2n) is 4.37. The molecule has 0 bridgehead atoms. The smallest absolute Gasteiger partial charge is 0.165 e. The van der Waals surface area contributed by atoms with E-state index in [0.717, 1.165) is 30.0 Å². The molecule has 0 aliphatic rings. The van der Waals surface area contributed by atoms with E-state index in [1.165, 1.54) is 6.07 Å². The topological polar surface area (TPSA) is 34.4 Å². The number of aryl methyl sites for hydroxylation is 1. The van der Waals surface area contributed by atoms with E-state index < -0.39 is 0 Å². The highest BCUT2D eigenvalue weighted by Gasteiger charge is 2.09. The lowest BCUT2D eigenvalue weighted by molar-refractivity contribution is 0.256. The Kier molecular flexibility index (Phi) is 4.58. The number of rotatable bonds is 6. The van der Waals surface area contributed by atoms with Crippen molar-refractivity contribution >= 4 is 0 Å². The number of furan rings is 1. The Balaban J connectivity index is 2.02. The Labute approximate surface area is 112 Å². The van der Waals surface area contributed by atoms with Gasteiger partial charge in [-0.05, 0) is 37.2 Å². The van der Waals surface area contributed by atoms with Crippen LogP contribution in [0.3, 0.4) is 0 Å². The normalized spacial score (nSPS) is 10.7. The standard InChI is InChI=1S/C15H18FNO2/c1-3-17-9-12-6-7-18-15(12)10-19-14-8-11(2)4-5-13(14)16/h4-8,17H,3,9-10H2,1-2H3. The van der Waals surface area contributed by atoms with Crippen LogP contribution in [0.15, 0.2) is 34.9 Å². The first-order valence-electron chi connectivity index (χ1n) is 6.35. The highest BCUT2D eigenvalue weighted by molar-refractivity contribution is 5.29. The number of halogens is 1. The van der Waals surface area contributed by atoms with Gasteiger partial charge in [0.15, 0.2) is 11.6 Å². The molecular weight excluding hydrogens is 245 g/mol. The molecule has 1 aromatic heterocycles. The lowest BCUT2D eigenvalue weighted by Gasteiger charge is -2.08. The average Bonchev–Trinajstić information content (AvgIpc) is 2.85. The van der Waals surface area contributed by atoms with E-state index in [4.69, 9.17) is 9.15 Å². The first kappa shape index (κ1) is 13.6. The number of hydrogen-bond acceptors (Lipinski definition) is 3. The molecule has 2 rings (SSSR count). The van der Waals surface area contributed by atoms with Crippen LogP contribution in [0.2, 0.25) is 0 Å². The molecule has 0 saturated heterocycles. The van der Waals surface area contributed by atoms with Gasteiger partial charge >= 0.3 is 0 Å². The Bertz CT molecular complexity index is 537. The fraction of sp³-hybridized carbons (Fsp3) is 0.333. The summed E-state index contributed by atoms with van der Waals surface area (Å²) >= 11 is 0. The van der Waals surface area contributed by atoms with Crippen molar-refractivity contribution in [2.24, 2.45) is 0 Å². The van der Waals surface area contributed by atoms with Gasteiger partial charge in [0.1, 0.15) is 12.4 Å². The third kappa shape index (κ3) is 3.58. The monoisotopic (exact) mass is 263 g/mol. The molecule has 0 aliphatic carbocycles. The molecule has 0 radical (unpaired) electrons. The second kappa shape index (κ2) is 6.38. The molecule has 0 spiro atoms. The van der Waals surface area contributed by atoms with Crippen molar-refractivity contribution in [3.63, 3.8) is 0 Å².